The Bertz CT molecular complexity index is 1370. The second-order valence-corrected chi connectivity index (χ2v) is 8.11. The third-order valence-corrected chi connectivity index (χ3v) is 5.49. The Hall–Kier alpha value is -3.86. The lowest BCUT2D eigenvalue weighted by Gasteiger charge is -2.18. The number of aliphatic hydroxyl groups is 1. The van der Waals surface area contributed by atoms with Gasteiger partial charge in [-0.25, -0.2) is 14.4 Å². The molecule has 0 bridgehead atoms. The number of nitrogens with one attached hydrogen (secondary N) is 1. The van der Waals surface area contributed by atoms with Crippen molar-refractivity contribution >= 4 is 5.82 Å². The van der Waals surface area contributed by atoms with Gasteiger partial charge in [0.05, 0.1) is 47.3 Å². The van der Waals surface area contributed by atoms with Gasteiger partial charge in [-0.15, -0.1) is 10.2 Å². The highest BCUT2D eigenvalue weighted by Crippen LogP contribution is 2.33. The van der Waals surface area contributed by atoms with Crippen molar-refractivity contribution in [1.29, 1.82) is 0 Å². The molecule has 11 heteroatoms. The van der Waals surface area contributed by atoms with Crippen LogP contribution in [-0.2, 0) is 12.8 Å². The molecule has 1 aromatic carbocycles. The zero-order valence-corrected chi connectivity index (χ0v) is 19.1. The SMILES string of the molecule is Cc1cn(-c2ccc(-c3cc(C)c(N[C@@H](C)c4ccc(F)c(C(F)(F)F)c4)nn3)nc2CO)cn1. The highest BCUT2D eigenvalue weighted by atomic mass is 19.4. The monoisotopic (exact) mass is 486 g/mol. The summed E-state index contributed by atoms with van der Waals surface area (Å²) in [5, 5.41) is 21.2. The summed E-state index contributed by atoms with van der Waals surface area (Å²) in [7, 11) is 0. The molecule has 0 fully saturated rings. The third-order valence-electron chi connectivity index (χ3n) is 5.49. The normalized spacial score (nSPS) is 12.6. The molecule has 0 aliphatic heterocycles. The van der Waals surface area contributed by atoms with Gasteiger partial charge in [0.15, 0.2) is 5.82 Å². The number of anilines is 1. The lowest BCUT2D eigenvalue weighted by Crippen LogP contribution is -2.13. The highest BCUT2D eigenvalue weighted by Gasteiger charge is 2.34. The van der Waals surface area contributed by atoms with E-state index in [2.05, 4.69) is 25.5 Å². The van der Waals surface area contributed by atoms with Crippen LogP contribution in [0.5, 0.6) is 0 Å². The number of pyridine rings is 1. The van der Waals surface area contributed by atoms with E-state index in [0.717, 1.165) is 17.8 Å². The van der Waals surface area contributed by atoms with Gasteiger partial charge in [0, 0.05) is 6.20 Å². The minimum atomic E-state index is -4.79. The third kappa shape index (κ3) is 5.14. The van der Waals surface area contributed by atoms with Crippen molar-refractivity contribution < 1.29 is 22.7 Å². The quantitative estimate of drug-likeness (QED) is 0.366. The molecule has 1 atom stereocenters. The smallest absolute Gasteiger partial charge is 0.390 e. The van der Waals surface area contributed by atoms with E-state index in [0.29, 0.717) is 34.2 Å². The van der Waals surface area contributed by atoms with Gasteiger partial charge in [0.25, 0.3) is 0 Å². The van der Waals surface area contributed by atoms with Crippen molar-refractivity contribution in [3.8, 4) is 17.1 Å². The second-order valence-electron chi connectivity index (χ2n) is 8.11. The van der Waals surface area contributed by atoms with Crippen molar-refractivity contribution in [3.05, 3.63) is 82.8 Å². The molecule has 0 saturated carbocycles. The lowest BCUT2D eigenvalue weighted by atomic mass is 10.0. The molecule has 0 radical (unpaired) electrons. The standard InChI is InChI=1S/C24H22F4N6O/c1-13-8-20(19-6-7-22(21(11-35)31-19)34-10-14(2)29-12-34)32-33-23(13)30-15(3)16-4-5-18(25)17(9-16)24(26,27)28/h4-10,12,15,35H,11H2,1-3H3,(H,30,33)/t15-/m0/s1. The van der Waals surface area contributed by atoms with Crippen molar-refractivity contribution in [1.82, 2.24) is 24.7 Å². The van der Waals surface area contributed by atoms with E-state index in [1.54, 1.807) is 42.9 Å². The number of aromatic nitrogens is 5. The van der Waals surface area contributed by atoms with Crippen LogP contribution in [0.25, 0.3) is 17.1 Å². The fraction of sp³-hybridized carbons (Fsp3) is 0.250. The Balaban J connectivity index is 1.57. The first kappa shape index (κ1) is 24.3. The molecule has 0 aliphatic carbocycles. The maximum absolute atomic E-state index is 13.6. The van der Waals surface area contributed by atoms with Crippen LogP contribution in [0.4, 0.5) is 23.4 Å². The van der Waals surface area contributed by atoms with Crippen LogP contribution in [0.1, 0.15) is 41.0 Å². The predicted octanol–water partition coefficient (Wildman–Crippen LogP) is 5.16. The van der Waals surface area contributed by atoms with Gasteiger partial charge in [-0.1, -0.05) is 6.07 Å². The minimum absolute atomic E-state index is 0.253. The molecule has 3 heterocycles. The van der Waals surface area contributed by atoms with Crippen LogP contribution in [0.15, 0.2) is 48.9 Å². The first-order valence-electron chi connectivity index (χ1n) is 10.7. The van der Waals surface area contributed by atoms with Gasteiger partial charge in [0.1, 0.15) is 11.5 Å². The first-order chi connectivity index (χ1) is 16.6. The van der Waals surface area contributed by atoms with Crippen LogP contribution >= 0.6 is 0 Å². The Labute approximate surface area is 198 Å². The molecule has 4 aromatic rings. The molecule has 0 spiro atoms. The number of imidazole rings is 1. The summed E-state index contributed by atoms with van der Waals surface area (Å²) in [6.45, 7) is 4.99. The molecule has 0 unspecified atom stereocenters. The molecule has 35 heavy (non-hydrogen) atoms. The van der Waals surface area contributed by atoms with Crippen molar-refractivity contribution in [3.63, 3.8) is 0 Å². The summed E-state index contributed by atoms with van der Waals surface area (Å²) in [5.74, 6) is -0.954. The van der Waals surface area contributed by atoms with E-state index in [4.69, 9.17) is 0 Å². The van der Waals surface area contributed by atoms with E-state index in [-0.39, 0.29) is 12.2 Å². The van der Waals surface area contributed by atoms with E-state index < -0.39 is 23.6 Å². The van der Waals surface area contributed by atoms with Gasteiger partial charge < -0.3 is 15.0 Å². The molecule has 3 aromatic heterocycles. The van der Waals surface area contributed by atoms with Crippen molar-refractivity contribution in [2.75, 3.05) is 5.32 Å². The van der Waals surface area contributed by atoms with Crippen LogP contribution in [0.3, 0.4) is 0 Å². The van der Waals surface area contributed by atoms with Crippen molar-refractivity contribution in [2.45, 2.75) is 39.6 Å². The van der Waals surface area contributed by atoms with Gasteiger partial charge >= 0.3 is 6.18 Å². The number of halogens is 4. The molecule has 0 saturated heterocycles. The number of aliphatic hydroxyl groups excluding tert-OH is 1. The maximum atomic E-state index is 13.6. The zero-order chi connectivity index (χ0) is 25.3. The molecular weight excluding hydrogens is 464 g/mol. The largest absolute Gasteiger partial charge is 0.419 e. The van der Waals surface area contributed by atoms with E-state index in [1.807, 2.05) is 13.1 Å². The maximum Gasteiger partial charge on any atom is 0.419 e. The molecule has 0 amide bonds. The fourth-order valence-corrected chi connectivity index (χ4v) is 3.61. The van der Waals surface area contributed by atoms with E-state index >= 15 is 0 Å². The van der Waals surface area contributed by atoms with E-state index in [9.17, 15) is 22.7 Å². The van der Waals surface area contributed by atoms with Gasteiger partial charge in [-0.05, 0) is 62.2 Å². The summed E-state index contributed by atoms with van der Waals surface area (Å²) in [6.07, 6.45) is -1.33. The predicted molar refractivity (Wildman–Crippen MR) is 121 cm³/mol. The highest BCUT2D eigenvalue weighted by molar-refractivity contribution is 5.60. The Morgan fingerprint density at radius 3 is 2.46 bits per heavy atom. The van der Waals surface area contributed by atoms with Crippen LogP contribution < -0.4 is 5.32 Å². The molecule has 2 N–H and O–H groups in total. The minimum Gasteiger partial charge on any atom is -0.390 e. The first-order valence-corrected chi connectivity index (χ1v) is 10.7. The van der Waals surface area contributed by atoms with Crippen molar-refractivity contribution in [2.24, 2.45) is 0 Å². The molecular formula is C24H22F4N6O. The Morgan fingerprint density at radius 1 is 1.06 bits per heavy atom. The van der Waals surface area contributed by atoms with Gasteiger partial charge in [-0.3, -0.25) is 0 Å². The number of nitrogens with zero attached hydrogens (tertiary/aromatic N) is 5. The topological polar surface area (TPSA) is 88.8 Å². The summed E-state index contributed by atoms with van der Waals surface area (Å²) < 4.78 is 54.5. The number of benzene rings is 1. The zero-order valence-electron chi connectivity index (χ0n) is 19.1. The summed E-state index contributed by atoms with van der Waals surface area (Å²) in [4.78, 5) is 8.69. The van der Waals surface area contributed by atoms with Crippen LogP contribution in [-0.4, -0.2) is 29.8 Å². The van der Waals surface area contributed by atoms with Gasteiger partial charge in [-0.2, -0.15) is 13.2 Å². The number of rotatable bonds is 6. The summed E-state index contributed by atoms with van der Waals surface area (Å²) in [5.41, 5.74) is 2.53. The summed E-state index contributed by atoms with van der Waals surface area (Å²) >= 11 is 0. The van der Waals surface area contributed by atoms with Crippen LogP contribution in [0.2, 0.25) is 0 Å². The second kappa shape index (κ2) is 9.41. The number of hydrogen-bond acceptors (Lipinski definition) is 6. The molecule has 0 aliphatic rings. The Kier molecular flexibility index (Phi) is 6.53. The molecule has 7 nitrogen and oxygen atoms in total. The molecule has 4 rings (SSSR count). The number of alkyl halides is 3. The number of hydrogen-bond donors (Lipinski definition) is 2. The average molecular weight is 486 g/mol. The fourth-order valence-electron chi connectivity index (χ4n) is 3.61. The van der Waals surface area contributed by atoms with E-state index in [1.165, 1.54) is 6.07 Å². The number of aryl methyl sites for hydroxylation is 2. The van der Waals surface area contributed by atoms with Crippen LogP contribution in [0, 0.1) is 19.7 Å². The van der Waals surface area contributed by atoms with Gasteiger partial charge in [0.2, 0.25) is 0 Å². The molecule has 182 valence electrons. The summed E-state index contributed by atoms with van der Waals surface area (Å²) in [6, 6.07) is 7.58. The average Bonchev–Trinajstić information content (AvgIpc) is 3.25. The lowest BCUT2D eigenvalue weighted by molar-refractivity contribution is -0.140. The Morgan fingerprint density at radius 2 is 1.83 bits per heavy atom.